The van der Waals surface area contributed by atoms with Crippen LogP contribution < -0.4 is 20.2 Å². The summed E-state index contributed by atoms with van der Waals surface area (Å²) in [5.41, 5.74) is 7.12. The molecule has 0 bridgehead atoms. The maximum Gasteiger partial charge on any atom is 0.365 e. The van der Waals surface area contributed by atoms with E-state index in [1.54, 1.807) is 0 Å². The van der Waals surface area contributed by atoms with Gasteiger partial charge in [-0.1, -0.05) is 56.1 Å². The molecule has 290 valence electrons. The van der Waals surface area contributed by atoms with Crippen molar-refractivity contribution in [2.75, 3.05) is 18.0 Å². The van der Waals surface area contributed by atoms with E-state index < -0.39 is 39.9 Å². The fourth-order valence-electron chi connectivity index (χ4n) is 9.07. The highest BCUT2D eigenvalue weighted by molar-refractivity contribution is 6.40. The lowest BCUT2D eigenvalue weighted by Crippen LogP contribution is -2.48. The van der Waals surface area contributed by atoms with Gasteiger partial charge in [-0.3, -0.25) is 14.6 Å². The molecule has 0 saturated carbocycles. The molecule has 5 aliphatic heterocycles. The number of fused-ring (bicyclic) bond motifs is 5. The first-order valence-corrected chi connectivity index (χ1v) is 19.8. The topological polar surface area (TPSA) is 126 Å². The van der Waals surface area contributed by atoms with Gasteiger partial charge in [-0.25, -0.2) is 9.59 Å². The summed E-state index contributed by atoms with van der Waals surface area (Å²) < 4.78 is 7.15. The number of carboxylic acid groups (broad SMARTS) is 1. The minimum absolute atomic E-state index is 0.0843. The summed E-state index contributed by atoms with van der Waals surface area (Å²) in [6, 6.07) is 5.33. The lowest BCUT2D eigenvalue weighted by molar-refractivity contribution is -0.172. The second kappa shape index (κ2) is 13.3. The van der Waals surface area contributed by atoms with Gasteiger partial charge in [0.15, 0.2) is 0 Å². The number of amides is 2. The van der Waals surface area contributed by atoms with Crippen LogP contribution in [0.5, 0.6) is 11.5 Å². The predicted molar refractivity (Wildman–Crippen MR) is 215 cm³/mol. The van der Waals surface area contributed by atoms with Gasteiger partial charge in [0, 0.05) is 70.1 Å². The number of rotatable bonds is 5. The molecular weight excluding hydrogens is 753 g/mol. The molecule has 10 nitrogen and oxygen atoms in total. The van der Waals surface area contributed by atoms with Crippen LogP contribution in [0.15, 0.2) is 35.3 Å². The van der Waals surface area contributed by atoms with Crippen molar-refractivity contribution in [3.8, 4) is 11.5 Å². The van der Waals surface area contributed by atoms with Crippen LogP contribution in [-0.2, 0) is 27.3 Å². The van der Waals surface area contributed by atoms with Crippen LogP contribution in [0.4, 0.5) is 5.69 Å². The molecule has 5 aliphatic rings. The summed E-state index contributed by atoms with van der Waals surface area (Å²) in [4.78, 5) is 64.3. The molecule has 0 aliphatic carbocycles. The van der Waals surface area contributed by atoms with Crippen molar-refractivity contribution in [2.24, 2.45) is 10.4 Å². The predicted octanol–water partition coefficient (Wildman–Crippen LogP) is 8.23. The van der Waals surface area contributed by atoms with Crippen LogP contribution in [0.1, 0.15) is 128 Å². The van der Waals surface area contributed by atoms with E-state index in [9.17, 15) is 24.3 Å². The molecule has 0 spiro atoms. The summed E-state index contributed by atoms with van der Waals surface area (Å²) in [7, 11) is 0. The van der Waals surface area contributed by atoms with Gasteiger partial charge in [-0.15, -0.1) is 5.06 Å². The molecule has 0 unspecified atom stereocenters. The molecule has 3 aromatic rings. The number of imide groups is 1. The second-order valence-corrected chi connectivity index (χ2v) is 17.7. The minimum Gasteiger partial charge on any atom is -0.478 e. The zero-order valence-corrected chi connectivity index (χ0v) is 34.0. The second-order valence-electron chi connectivity index (χ2n) is 16.9. The number of nitrogens with zero attached hydrogens (tertiary/aromatic N) is 3. The van der Waals surface area contributed by atoms with Gasteiger partial charge in [0.2, 0.25) is 0 Å². The number of carboxylic acids is 1. The molecule has 1 N–H and O–H groups in total. The van der Waals surface area contributed by atoms with E-state index in [0.717, 1.165) is 70.3 Å². The Hall–Kier alpha value is -4.93. The highest BCUT2D eigenvalue weighted by atomic mass is 35.5. The van der Waals surface area contributed by atoms with Crippen molar-refractivity contribution in [1.82, 2.24) is 5.06 Å². The van der Waals surface area contributed by atoms with E-state index in [2.05, 4.69) is 71.6 Å². The molecule has 0 radical (unpaired) electrons. The molecule has 0 atom stereocenters. The first kappa shape index (κ1) is 38.0. The van der Waals surface area contributed by atoms with Gasteiger partial charge in [0.25, 0.3) is 11.8 Å². The Bertz CT molecular complexity index is 2530. The van der Waals surface area contributed by atoms with Gasteiger partial charge in [-0.2, -0.15) is 0 Å². The van der Waals surface area contributed by atoms with Crippen LogP contribution >= 0.6 is 23.2 Å². The number of halogens is 2. The summed E-state index contributed by atoms with van der Waals surface area (Å²) in [5, 5.41) is 12.3. The molecule has 0 aromatic heterocycles. The molecule has 56 heavy (non-hydrogen) atoms. The third-order valence-corrected chi connectivity index (χ3v) is 11.9. The smallest absolute Gasteiger partial charge is 0.365 e. The standard InChI is InChI=1S/C44H43Cl2N3O7/c1-21(19-43(3,4)5)25-16-27-33(34-30(45)18-29(36(46)35(34)41(52)53)42(54)56-49-31(50)12-13-32(49)51)28-17-26-22(2)20-44(6,7)48-15-9-11-24(38(26)48)40(28)55-39(27)23-10-8-14-47-37(23)25/h16-20H,8-15H2,1-7H3,(H,52,53)/b21-19-. The van der Waals surface area contributed by atoms with Gasteiger partial charge >= 0.3 is 11.9 Å². The molecule has 12 heteroatoms. The van der Waals surface area contributed by atoms with E-state index >= 15 is 0 Å². The fourth-order valence-corrected chi connectivity index (χ4v) is 9.67. The average molecular weight is 797 g/mol. The van der Waals surface area contributed by atoms with Crippen molar-refractivity contribution in [1.29, 1.82) is 0 Å². The summed E-state index contributed by atoms with van der Waals surface area (Å²) in [6.07, 6.45) is 7.37. The highest BCUT2D eigenvalue weighted by Crippen LogP contribution is 2.53. The SMILES string of the molecule is CC1=CC(C)(C)N2CCCc3c4c(cc1c32)C(c1c(Cl)cc(C(=O)ON2C(=O)CCC2=O)c(Cl)c1C(=O)O)=c1cc(/C(C)=C\C(C)(C)C)c2c(c1O4)CCCN=2. The first-order chi connectivity index (χ1) is 26.4. The zero-order chi connectivity index (χ0) is 40.2. The summed E-state index contributed by atoms with van der Waals surface area (Å²) >= 11 is 14.1. The number of hydrogen-bond acceptors (Lipinski definition) is 8. The van der Waals surface area contributed by atoms with Crippen molar-refractivity contribution in [3.05, 3.63) is 95.5 Å². The Morgan fingerprint density at radius 3 is 2.34 bits per heavy atom. The van der Waals surface area contributed by atoms with Crippen molar-refractivity contribution < 1.29 is 33.9 Å². The Balaban J connectivity index is 1.50. The van der Waals surface area contributed by atoms with Gasteiger partial charge in [-0.05, 0) is 88.1 Å². The van der Waals surface area contributed by atoms with E-state index in [0.29, 0.717) is 45.9 Å². The molecule has 5 heterocycles. The van der Waals surface area contributed by atoms with Crippen molar-refractivity contribution in [3.63, 3.8) is 0 Å². The summed E-state index contributed by atoms with van der Waals surface area (Å²) in [6.45, 7) is 16.5. The largest absolute Gasteiger partial charge is 0.478 e. The third kappa shape index (κ3) is 6.04. The average Bonchev–Trinajstić information content (AvgIpc) is 3.44. The third-order valence-electron chi connectivity index (χ3n) is 11.2. The maximum absolute atomic E-state index is 13.5. The molecule has 8 rings (SSSR count). The van der Waals surface area contributed by atoms with Crippen LogP contribution in [0.2, 0.25) is 10.0 Å². The minimum atomic E-state index is -1.43. The first-order valence-electron chi connectivity index (χ1n) is 19.0. The monoisotopic (exact) mass is 795 g/mol. The number of allylic oxidation sites excluding steroid dienone is 3. The number of carbonyl (C=O) groups excluding carboxylic acids is 3. The van der Waals surface area contributed by atoms with Crippen LogP contribution in [0, 0.1) is 5.41 Å². The quantitative estimate of drug-likeness (QED) is 0.200. The van der Waals surface area contributed by atoms with Crippen molar-refractivity contribution >= 4 is 69.4 Å². The Morgan fingerprint density at radius 1 is 0.964 bits per heavy atom. The van der Waals surface area contributed by atoms with Gasteiger partial charge < -0.3 is 19.6 Å². The Labute approximate surface area is 335 Å². The Morgan fingerprint density at radius 2 is 1.66 bits per heavy atom. The lowest BCUT2D eigenvalue weighted by atomic mass is 9.79. The van der Waals surface area contributed by atoms with Crippen LogP contribution in [0.3, 0.4) is 0 Å². The zero-order valence-electron chi connectivity index (χ0n) is 32.5. The van der Waals surface area contributed by atoms with Crippen molar-refractivity contribution in [2.45, 2.75) is 92.5 Å². The normalized spacial score (nSPS) is 18.3. The summed E-state index contributed by atoms with van der Waals surface area (Å²) in [5.74, 6) is -2.78. The number of aromatic carboxylic acids is 1. The molecule has 3 aromatic carbocycles. The molecular formula is C44H43Cl2N3O7. The van der Waals surface area contributed by atoms with Crippen LogP contribution in [0.25, 0.3) is 16.7 Å². The highest BCUT2D eigenvalue weighted by Gasteiger charge is 2.41. The van der Waals surface area contributed by atoms with Crippen LogP contribution in [-0.4, -0.2) is 52.6 Å². The van der Waals surface area contributed by atoms with Gasteiger partial charge in [0.05, 0.1) is 37.8 Å². The van der Waals surface area contributed by atoms with E-state index in [1.165, 1.54) is 6.07 Å². The van der Waals surface area contributed by atoms with E-state index in [4.69, 9.17) is 37.8 Å². The number of anilines is 1. The maximum atomic E-state index is 13.5. The lowest BCUT2D eigenvalue weighted by Gasteiger charge is -2.47. The fraction of sp³-hybridized carbons (Fsp3) is 0.386. The van der Waals surface area contributed by atoms with E-state index in [1.807, 2.05) is 6.07 Å². The molecule has 2 amide bonds. The Kier molecular flexibility index (Phi) is 9.04. The molecule has 1 saturated heterocycles. The van der Waals surface area contributed by atoms with Gasteiger partial charge in [0.1, 0.15) is 11.5 Å². The van der Waals surface area contributed by atoms with E-state index in [-0.39, 0.29) is 34.4 Å². The number of benzene rings is 3. The number of carbonyl (C=O) groups is 4. The molecule has 1 fully saturated rings. The number of hydroxylamine groups is 2. The number of hydrogen-bond donors (Lipinski definition) is 1. The number of ether oxygens (including phenoxy) is 1.